The first-order chi connectivity index (χ1) is 30.1. The fourth-order valence-electron chi connectivity index (χ4n) is 3.44. The highest BCUT2D eigenvalue weighted by Gasteiger charge is 2.97. The Balaban J connectivity index is -0.00000117. The molecule has 0 unspecified atom stereocenters. The van der Waals surface area contributed by atoms with E-state index in [0.717, 1.165) is 6.92 Å². The van der Waals surface area contributed by atoms with Crippen LogP contribution in [-0.2, 0) is 23.9 Å². The van der Waals surface area contributed by atoms with Gasteiger partial charge in [0.05, 0.1) is 26.1 Å². The third kappa shape index (κ3) is 12.0. The largest absolute Gasteiger partial charge is 0.462 e. The number of rotatable bonds is 21. The predicted octanol–water partition coefficient (Wildman–Crippen LogP) is 13.4. The van der Waals surface area contributed by atoms with Gasteiger partial charge in [0.1, 0.15) is 0 Å². The van der Waals surface area contributed by atoms with Crippen molar-refractivity contribution in [3.63, 3.8) is 0 Å². The van der Waals surface area contributed by atoms with Crippen molar-refractivity contribution in [3.8, 4) is 0 Å². The Morgan fingerprint density at radius 1 is 0.357 bits per heavy atom. The van der Waals surface area contributed by atoms with Crippen LogP contribution in [0.5, 0.6) is 0 Å². The maximum absolute atomic E-state index is 13.5. The van der Waals surface area contributed by atoms with Crippen LogP contribution in [0.15, 0.2) is 37.5 Å². The molecule has 0 atom stereocenters. The number of carbonyl (C=O) groups is 3. The molecule has 414 valence electrons. The summed E-state index contributed by atoms with van der Waals surface area (Å²) < 4.78 is 449. The minimum atomic E-state index is -8.67. The lowest BCUT2D eigenvalue weighted by Gasteiger charge is -2.42. The molecule has 0 fully saturated rings. The number of esters is 2. The van der Waals surface area contributed by atoms with Gasteiger partial charge in [0, 0.05) is 11.6 Å². The van der Waals surface area contributed by atoms with Crippen molar-refractivity contribution in [2.45, 2.75) is 122 Å². The minimum Gasteiger partial charge on any atom is -0.462 e. The van der Waals surface area contributed by atoms with E-state index in [1.165, 1.54) is 13.0 Å². The average molecular weight is 1120 g/mol. The van der Waals surface area contributed by atoms with Crippen LogP contribution in [0, 0.1) is 0 Å². The number of halogens is 34. The first-order valence-corrected chi connectivity index (χ1v) is 16.2. The van der Waals surface area contributed by atoms with Gasteiger partial charge in [-0.15, -0.1) is 0 Å². The summed E-state index contributed by atoms with van der Waals surface area (Å²) in [7, 11) is 0. The number of hydrogen-bond donors (Lipinski definition) is 0. The van der Waals surface area contributed by atoms with Gasteiger partial charge in [0.25, 0.3) is 0 Å². The summed E-state index contributed by atoms with van der Waals surface area (Å²) >= 11 is 0. The van der Waals surface area contributed by atoms with Crippen LogP contribution in [0.3, 0.4) is 0 Å². The lowest BCUT2D eigenvalue weighted by Crippen LogP contribution is -2.74. The van der Waals surface area contributed by atoms with Crippen molar-refractivity contribution in [1.82, 2.24) is 0 Å². The van der Waals surface area contributed by atoms with Gasteiger partial charge in [0.15, 0.2) is 5.78 Å². The van der Waals surface area contributed by atoms with E-state index >= 15 is 0 Å². The number of allylic oxidation sites excluding steroid dienone is 1. The maximum Gasteiger partial charge on any atom is 0.460 e. The first kappa shape index (κ1) is 69.7. The Kier molecular flexibility index (Phi) is 20.8. The highest BCUT2D eigenvalue weighted by Crippen LogP contribution is 2.66. The molecule has 0 aliphatic rings. The molecule has 0 aliphatic carbocycles. The second-order valence-electron chi connectivity index (χ2n) is 12.9. The lowest BCUT2D eigenvalue weighted by atomic mass is 9.88. The van der Waals surface area contributed by atoms with Gasteiger partial charge in [-0.3, -0.25) is 4.79 Å². The van der Waals surface area contributed by atoms with E-state index < -0.39 is 139 Å². The number of alkyl halides is 34. The van der Waals surface area contributed by atoms with Crippen LogP contribution < -0.4 is 0 Å². The maximum atomic E-state index is 13.5. The molecule has 0 saturated heterocycles. The summed E-state index contributed by atoms with van der Waals surface area (Å²) in [5, 5.41) is 0. The molecule has 0 aromatic heterocycles. The Morgan fingerprint density at radius 3 is 0.743 bits per heavy atom. The zero-order chi connectivity index (χ0) is 58.0. The Hall–Kier alpha value is -4.55. The molecule has 0 aliphatic heterocycles. The number of ketones is 1. The molecule has 0 bridgehead atoms. The van der Waals surface area contributed by atoms with E-state index in [1.54, 1.807) is 0 Å². The van der Waals surface area contributed by atoms with Crippen LogP contribution in [0.4, 0.5) is 149 Å². The van der Waals surface area contributed by atoms with E-state index in [2.05, 4.69) is 29.2 Å². The zero-order valence-corrected chi connectivity index (χ0v) is 33.0. The van der Waals surface area contributed by atoms with Crippen LogP contribution in [-0.4, -0.2) is 126 Å². The molecule has 5 nitrogen and oxygen atoms in total. The van der Waals surface area contributed by atoms with Crippen molar-refractivity contribution in [2.24, 2.45) is 0 Å². The standard InChI is InChI=1S/C14H9F17O2.C13H7F17O2.C4H6O/c1-5(2)6(32)33-4-3-7(15,16)8(17,18)9(19,20)10(21,22)11(23,24)12(25,26)13(27,28)14(29,30)31;1-2-5(31)32-4-3-6(14,15)7(16,17)8(18,19)9(20,21)10(22,23)11(24,25)12(26,27)13(28,29)30;1-3-4(2)5/h1,3-4H2,2H3;2H,1,3-4H2;3H,1H2,2H3. The van der Waals surface area contributed by atoms with E-state index in [0.29, 0.717) is 0 Å². The van der Waals surface area contributed by atoms with Crippen molar-refractivity contribution in [1.29, 1.82) is 0 Å². The minimum absolute atomic E-state index is 0.0185. The van der Waals surface area contributed by atoms with Crippen molar-refractivity contribution in [2.75, 3.05) is 13.2 Å². The van der Waals surface area contributed by atoms with E-state index in [-0.39, 0.29) is 11.9 Å². The average Bonchev–Trinajstić information content (AvgIpc) is 3.16. The topological polar surface area (TPSA) is 69.7 Å². The van der Waals surface area contributed by atoms with E-state index in [1.807, 2.05) is 0 Å². The van der Waals surface area contributed by atoms with Crippen LogP contribution >= 0.6 is 0 Å². The molecule has 0 radical (unpaired) electrons. The molecule has 0 N–H and O–H groups in total. The molecule has 0 aromatic rings. The van der Waals surface area contributed by atoms with Gasteiger partial charge in [-0.05, 0) is 19.9 Å². The monoisotopic (exact) mass is 1120 g/mol. The van der Waals surface area contributed by atoms with Crippen LogP contribution in [0.25, 0.3) is 0 Å². The molecular weight excluding hydrogens is 1100 g/mol. The fourth-order valence-corrected chi connectivity index (χ4v) is 3.44. The van der Waals surface area contributed by atoms with Crippen LogP contribution in [0.1, 0.15) is 26.7 Å². The van der Waals surface area contributed by atoms with Gasteiger partial charge < -0.3 is 9.47 Å². The van der Waals surface area contributed by atoms with Gasteiger partial charge >= 0.3 is 107 Å². The van der Waals surface area contributed by atoms with Crippen molar-refractivity contribution < 1.29 is 173 Å². The molecule has 0 aromatic carbocycles. The third-order valence-electron chi connectivity index (χ3n) is 7.69. The van der Waals surface area contributed by atoms with E-state index in [4.69, 9.17) is 0 Å². The molecule has 39 heteroatoms. The normalized spacial score (nSPS) is 14.9. The molecule has 0 rings (SSSR count). The molecular formula is C31H22F34O5. The second kappa shape index (κ2) is 20.9. The smallest absolute Gasteiger partial charge is 0.460 e. The van der Waals surface area contributed by atoms with Gasteiger partial charge in [-0.1, -0.05) is 19.7 Å². The molecule has 0 saturated carbocycles. The molecule has 0 spiro atoms. The summed E-state index contributed by atoms with van der Waals surface area (Å²) in [6.45, 7) is 7.05. The molecule has 0 amide bonds. The zero-order valence-electron chi connectivity index (χ0n) is 33.0. The summed E-state index contributed by atoms with van der Waals surface area (Å²) in [5.41, 5.74) is -0.589. The first-order valence-electron chi connectivity index (χ1n) is 16.2. The fraction of sp³-hybridized carbons (Fsp3) is 0.710. The SMILES string of the molecule is C=C(C)C(=O)OCCC(F)(F)C(F)(F)C(F)(F)C(F)(F)C(F)(F)C(F)(F)C(F)(F)C(F)(F)F.C=CC(=O)OCCC(F)(F)C(F)(F)C(F)(F)C(F)(F)C(F)(F)C(F)(F)C(F)(F)C(F)(F)F.C=CC(C)=O. The number of carbonyl (C=O) groups excluding carboxylic acids is 3. The predicted molar refractivity (Wildman–Crippen MR) is 158 cm³/mol. The van der Waals surface area contributed by atoms with Crippen molar-refractivity contribution >= 4 is 17.7 Å². The van der Waals surface area contributed by atoms with Crippen molar-refractivity contribution in [3.05, 3.63) is 37.5 Å². The van der Waals surface area contributed by atoms with Crippen LogP contribution in [0.2, 0.25) is 0 Å². The Labute approximate surface area is 364 Å². The quantitative estimate of drug-likeness (QED) is 0.0651. The third-order valence-corrected chi connectivity index (χ3v) is 7.69. The Morgan fingerprint density at radius 2 is 0.557 bits per heavy atom. The summed E-state index contributed by atoms with van der Waals surface area (Å²) in [5.74, 6) is -117. The van der Waals surface area contributed by atoms with Gasteiger partial charge in [0.2, 0.25) is 0 Å². The summed E-state index contributed by atoms with van der Waals surface area (Å²) in [4.78, 5) is 31.1. The van der Waals surface area contributed by atoms with E-state index in [9.17, 15) is 164 Å². The second-order valence-corrected chi connectivity index (χ2v) is 12.9. The summed E-state index contributed by atoms with van der Waals surface area (Å²) in [6, 6.07) is 0. The lowest BCUT2D eigenvalue weighted by molar-refractivity contribution is -0.461. The molecule has 0 heterocycles. The highest BCUT2D eigenvalue weighted by molar-refractivity contribution is 5.87. The van der Waals surface area contributed by atoms with Gasteiger partial charge in [-0.2, -0.15) is 149 Å². The number of hydrogen-bond acceptors (Lipinski definition) is 5. The number of ether oxygens (including phenoxy) is 2. The highest BCUT2D eigenvalue weighted by atomic mass is 19.4. The summed E-state index contributed by atoms with van der Waals surface area (Å²) in [6.07, 6.45) is -19.8. The molecule has 70 heavy (non-hydrogen) atoms. The Bertz CT molecular complexity index is 1860. The van der Waals surface area contributed by atoms with Gasteiger partial charge in [-0.25, -0.2) is 9.59 Å².